The first-order chi connectivity index (χ1) is 10.8. The van der Waals surface area contributed by atoms with Crippen LogP contribution in [0.3, 0.4) is 0 Å². The predicted octanol–water partition coefficient (Wildman–Crippen LogP) is 7.18. The lowest BCUT2D eigenvalue weighted by Crippen LogP contribution is -1.99. The Hall–Kier alpha value is -1.26. The van der Waals surface area contributed by atoms with E-state index < -0.39 is 7.75 Å². The molecule has 0 aliphatic rings. The molecule has 0 spiro atoms. The maximum absolute atomic E-state index is 12.6. The standard InChI is InChI=1S/C12H6Cl4N3O3P/c13-7-1-3-11(9(15)5-7)21-23(20,19-18-17)22-12-4-2-8(14)6-10(12)16/h1-6H. The van der Waals surface area contributed by atoms with Gasteiger partial charge < -0.3 is 9.05 Å². The molecule has 0 aromatic heterocycles. The zero-order chi connectivity index (χ0) is 17.0. The highest BCUT2D eigenvalue weighted by molar-refractivity contribution is 7.53. The quantitative estimate of drug-likeness (QED) is 0.225. The number of azide groups is 1. The molecule has 120 valence electrons. The van der Waals surface area contributed by atoms with Crippen molar-refractivity contribution in [2.75, 3.05) is 0 Å². The molecule has 0 heterocycles. The molecule has 0 fully saturated rings. The fraction of sp³-hybridized carbons (Fsp3) is 0. The number of halogens is 4. The third-order valence-corrected chi connectivity index (χ3v) is 4.58. The van der Waals surface area contributed by atoms with Crippen LogP contribution in [0.4, 0.5) is 0 Å². The maximum atomic E-state index is 12.6. The van der Waals surface area contributed by atoms with Gasteiger partial charge in [-0.05, 0) is 41.9 Å². The van der Waals surface area contributed by atoms with Crippen molar-refractivity contribution in [3.8, 4) is 11.5 Å². The van der Waals surface area contributed by atoms with Crippen LogP contribution in [0, 0.1) is 0 Å². The second-order valence-corrected chi connectivity index (χ2v) is 7.15. The van der Waals surface area contributed by atoms with Gasteiger partial charge in [-0.1, -0.05) is 46.4 Å². The number of nitrogens with zero attached hydrogens (tertiary/aromatic N) is 3. The van der Waals surface area contributed by atoms with Crippen LogP contribution in [-0.4, -0.2) is 0 Å². The van der Waals surface area contributed by atoms with E-state index in [1.165, 1.54) is 36.4 Å². The minimum atomic E-state index is -4.29. The molecule has 0 aliphatic heterocycles. The fourth-order valence-electron chi connectivity index (χ4n) is 1.45. The van der Waals surface area contributed by atoms with Gasteiger partial charge in [-0.25, -0.2) is 4.57 Å². The van der Waals surface area contributed by atoms with Gasteiger partial charge in [0.1, 0.15) is 11.5 Å². The Morgan fingerprint density at radius 2 is 1.35 bits per heavy atom. The third kappa shape index (κ3) is 4.85. The molecule has 0 saturated carbocycles. The number of benzene rings is 2. The van der Waals surface area contributed by atoms with E-state index in [2.05, 4.69) is 9.80 Å². The predicted molar refractivity (Wildman–Crippen MR) is 90.9 cm³/mol. The summed E-state index contributed by atoms with van der Waals surface area (Å²) in [4.78, 5) is 5.55. The van der Waals surface area contributed by atoms with E-state index in [4.69, 9.17) is 61.0 Å². The van der Waals surface area contributed by atoms with Gasteiger partial charge in [0, 0.05) is 19.8 Å². The Morgan fingerprint density at radius 3 is 1.70 bits per heavy atom. The van der Waals surface area contributed by atoms with Crippen molar-refractivity contribution in [3.05, 3.63) is 66.9 Å². The van der Waals surface area contributed by atoms with Gasteiger partial charge in [0.25, 0.3) is 0 Å². The Balaban J connectivity index is 2.35. The van der Waals surface area contributed by atoms with Gasteiger partial charge >= 0.3 is 7.75 Å². The number of hydrogen-bond donors (Lipinski definition) is 0. The van der Waals surface area contributed by atoms with Gasteiger partial charge in [0.05, 0.1) is 10.0 Å². The van der Waals surface area contributed by atoms with Gasteiger partial charge in [-0.3, -0.25) is 0 Å². The summed E-state index contributed by atoms with van der Waals surface area (Å²) >= 11 is 23.4. The van der Waals surface area contributed by atoms with E-state index in [1.807, 2.05) is 0 Å². The molecule has 0 amide bonds. The summed E-state index contributed by atoms with van der Waals surface area (Å²) in [5, 5.41) is 0.832. The number of rotatable bonds is 5. The highest BCUT2D eigenvalue weighted by atomic mass is 35.5. The molecule has 0 radical (unpaired) electrons. The summed E-state index contributed by atoms with van der Waals surface area (Å²) in [6.07, 6.45) is 0. The highest BCUT2D eigenvalue weighted by Gasteiger charge is 2.29. The Kier molecular flexibility index (Phi) is 5.93. The fourth-order valence-corrected chi connectivity index (χ4v) is 3.48. The lowest BCUT2D eigenvalue weighted by Gasteiger charge is -2.16. The molecule has 0 N–H and O–H groups in total. The van der Waals surface area contributed by atoms with Crippen LogP contribution in [0.5, 0.6) is 11.5 Å². The maximum Gasteiger partial charge on any atom is 0.525 e. The zero-order valence-electron chi connectivity index (χ0n) is 11.0. The third-order valence-electron chi connectivity index (χ3n) is 2.36. The van der Waals surface area contributed by atoms with Crippen LogP contribution in [0.25, 0.3) is 10.4 Å². The Labute approximate surface area is 151 Å². The summed E-state index contributed by atoms with van der Waals surface area (Å²) < 4.78 is 22.9. The van der Waals surface area contributed by atoms with E-state index in [0.29, 0.717) is 10.0 Å². The van der Waals surface area contributed by atoms with E-state index in [9.17, 15) is 4.57 Å². The van der Waals surface area contributed by atoms with E-state index in [0.717, 1.165) is 0 Å². The van der Waals surface area contributed by atoms with Crippen LogP contribution in [0.15, 0.2) is 41.3 Å². The molecular formula is C12H6Cl4N3O3P. The van der Waals surface area contributed by atoms with Crippen LogP contribution < -0.4 is 9.05 Å². The highest BCUT2D eigenvalue weighted by Crippen LogP contribution is 2.52. The van der Waals surface area contributed by atoms with Crippen molar-refractivity contribution in [3.63, 3.8) is 0 Å². The normalized spacial score (nSPS) is 10.8. The molecule has 2 aromatic rings. The second-order valence-electron chi connectivity index (χ2n) is 3.98. The molecule has 0 atom stereocenters. The van der Waals surface area contributed by atoms with E-state index in [-0.39, 0.29) is 21.5 Å². The van der Waals surface area contributed by atoms with Crippen LogP contribution >= 0.6 is 54.2 Å². The Morgan fingerprint density at radius 1 is 0.913 bits per heavy atom. The van der Waals surface area contributed by atoms with Crippen molar-refractivity contribution in [2.24, 2.45) is 4.88 Å². The minimum absolute atomic E-state index is 0.0307. The molecule has 0 saturated heterocycles. The summed E-state index contributed by atoms with van der Waals surface area (Å²) in [5.74, 6) is -0.0613. The van der Waals surface area contributed by atoms with Crippen molar-refractivity contribution >= 4 is 54.2 Å². The Bertz CT molecular complexity index is 785. The van der Waals surface area contributed by atoms with Crippen molar-refractivity contribution < 1.29 is 13.6 Å². The molecule has 6 nitrogen and oxygen atoms in total. The topological polar surface area (TPSA) is 84.3 Å². The molecule has 0 aliphatic carbocycles. The van der Waals surface area contributed by atoms with Crippen LogP contribution in [0.1, 0.15) is 0 Å². The van der Waals surface area contributed by atoms with Crippen molar-refractivity contribution in [1.82, 2.24) is 0 Å². The summed E-state index contributed by atoms with van der Waals surface area (Å²) in [6.45, 7) is 0. The van der Waals surface area contributed by atoms with Gasteiger partial charge in [0.15, 0.2) is 0 Å². The van der Waals surface area contributed by atoms with Gasteiger partial charge in [0.2, 0.25) is 0 Å². The van der Waals surface area contributed by atoms with E-state index >= 15 is 0 Å². The van der Waals surface area contributed by atoms with Gasteiger partial charge in [-0.2, -0.15) is 0 Å². The molecule has 0 bridgehead atoms. The minimum Gasteiger partial charge on any atom is -0.410 e. The lowest BCUT2D eigenvalue weighted by atomic mass is 10.3. The monoisotopic (exact) mass is 411 g/mol. The molecular weight excluding hydrogens is 407 g/mol. The van der Waals surface area contributed by atoms with Crippen LogP contribution in [-0.2, 0) is 4.57 Å². The molecule has 0 unspecified atom stereocenters. The first-order valence-corrected chi connectivity index (χ1v) is 8.80. The summed E-state index contributed by atoms with van der Waals surface area (Å²) in [7, 11) is -4.29. The first kappa shape index (κ1) is 18.1. The van der Waals surface area contributed by atoms with Gasteiger partial charge in [-0.15, -0.1) is 0 Å². The number of hydrogen-bond acceptors (Lipinski definition) is 3. The lowest BCUT2D eigenvalue weighted by molar-refractivity contribution is 0.387. The molecule has 2 aromatic carbocycles. The van der Waals surface area contributed by atoms with Crippen molar-refractivity contribution in [1.29, 1.82) is 0 Å². The van der Waals surface area contributed by atoms with Crippen molar-refractivity contribution in [2.45, 2.75) is 0 Å². The molecule has 2 rings (SSSR count). The first-order valence-electron chi connectivity index (χ1n) is 5.79. The molecule has 23 heavy (non-hydrogen) atoms. The second kappa shape index (κ2) is 7.54. The van der Waals surface area contributed by atoms with Crippen LogP contribution in [0.2, 0.25) is 20.1 Å². The summed E-state index contributed by atoms with van der Waals surface area (Å²) in [6, 6.07) is 8.37. The molecule has 11 heteroatoms. The average molecular weight is 413 g/mol. The smallest absolute Gasteiger partial charge is 0.410 e. The largest absolute Gasteiger partial charge is 0.525 e. The summed E-state index contributed by atoms with van der Waals surface area (Å²) in [5.41, 5.74) is 8.60. The SMILES string of the molecule is [N-]=[N+]=NP(=O)(Oc1ccc(Cl)cc1Cl)Oc1ccc(Cl)cc1Cl. The average Bonchev–Trinajstić information content (AvgIpc) is 2.46. The van der Waals surface area contributed by atoms with E-state index in [1.54, 1.807) is 0 Å². The zero-order valence-corrected chi connectivity index (χ0v) is 14.9.